The van der Waals surface area contributed by atoms with Crippen LogP contribution in [0.25, 0.3) is 0 Å². The molecule has 108 valence electrons. The van der Waals surface area contributed by atoms with Gasteiger partial charge in [0.1, 0.15) is 5.75 Å². The summed E-state index contributed by atoms with van der Waals surface area (Å²) in [6.45, 7) is 1.88. The summed E-state index contributed by atoms with van der Waals surface area (Å²) < 4.78 is 42.9. The Morgan fingerprint density at radius 1 is 1.35 bits per heavy atom. The Hall–Kier alpha value is -1.60. The second-order valence-corrected chi connectivity index (χ2v) is 5.35. The minimum atomic E-state index is -4.45. The van der Waals surface area contributed by atoms with Gasteiger partial charge in [0.15, 0.2) is 5.01 Å². The van der Waals surface area contributed by atoms with Crippen molar-refractivity contribution in [3.8, 4) is 5.75 Å². The van der Waals surface area contributed by atoms with E-state index in [1.807, 2.05) is 13.0 Å². The molecule has 0 saturated heterocycles. The van der Waals surface area contributed by atoms with E-state index in [-0.39, 0.29) is 0 Å². The van der Waals surface area contributed by atoms with Crippen molar-refractivity contribution in [2.24, 2.45) is 5.73 Å². The van der Waals surface area contributed by atoms with Crippen molar-refractivity contribution in [1.82, 2.24) is 4.98 Å². The number of nitrogens with zero attached hydrogens (tertiary/aromatic N) is 1. The number of aromatic nitrogens is 1. The summed E-state index contributed by atoms with van der Waals surface area (Å²) in [6.07, 6.45) is -3.28. The van der Waals surface area contributed by atoms with E-state index in [1.165, 1.54) is 13.3 Å². The van der Waals surface area contributed by atoms with Gasteiger partial charge < -0.3 is 10.5 Å². The summed E-state index contributed by atoms with van der Waals surface area (Å²) >= 11 is 0.551. The quantitative estimate of drug-likeness (QED) is 0.943. The van der Waals surface area contributed by atoms with Gasteiger partial charge >= 0.3 is 6.18 Å². The van der Waals surface area contributed by atoms with E-state index in [0.29, 0.717) is 27.5 Å². The van der Waals surface area contributed by atoms with Crippen molar-refractivity contribution in [2.75, 3.05) is 7.11 Å². The van der Waals surface area contributed by atoms with Crippen LogP contribution in [0.2, 0.25) is 0 Å². The van der Waals surface area contributed by atoms with Crippen molar-refractivity contribution in [3.05, 3.63) is 45.4 Å². The van der Waals surface area contributed by atoms with Gasteiger partial charge in [0.25, 0.3) is 0 Å². The predicted molar refractivity (Wildman–Crippen MR) is 70.9 cm³/mol. The van der Waals surface area contributed by atoms with E-state index in [4.69, 9.17) is 10.5 Å². The van der Waals surface area contributed by atoms with E-state index < -0.39 is 17.2 Å². The van der Waals surface area contributed by atoms with Crippen molar-refractivity contribution in [2.45, 2.75) is 19.1 Å². The van der Waals surface area contributed by atoms with Crippen molar-refractivity contribution in [3.63, 3.8) is 0 Å². The van der Waals surface area contributed by atoms with Gasteiger partial charge in [-0.25, -0.2) is 4.98 Å². The minimum absolute atomic E-state index is 0.348. The third-order valence-electron chi connectivity index (χ3n) is 2.79. The smallest absolute Gasteiger partial charge is 0.443 e. The lowest BCUT2D eigenvalue weighted by atomic mass is 10.0. The molecule has 0 aliphatic heterocycles. The maximum Gasteiger partial charge on any atom is 0.443 e. The molecule has 7 heteroatoms. The third-order valence-corrected chi connectivity index (χ3v) is 3.92. The maximum atomic E-state index is 12.6. The number of methoxy groups -OCH3 is 1. The van der Waals surface area contributed by atoms with Crippen LogP contribution >= 0.6 is 11.3 Å². The molecule has 0 amide bonds. The fourth-order valence-electron chi connectivity index (χ4n) is 1.81. The van der Waals surface area contributed by atoms with Gasteiger partial charge in [-0.2, -0.15) is 13.2 Å². The Morgan fingerprint density at radius 2 is 2.05 bits per heavy atom. The van der Waals surface area contributed by atoms with Crippen molar-refractivity contribution >= 4 is 11.3 Å². The molecule has 2 aromatic rings. The lowest BCUT2D eigenvalue weighted by Gasteiger charge is -2.14. The molecular formula is C13H13F3N2OS. The number of nitrogens with two attached hydrogens (primary N) is 1. The number of hydrogen-bond donors (Lipinski definition) is 1. The van der Waals surface area contributed by atoms with Crippen LogP contribution in [0, 0.1) is 6.92 Å². The van der Waals surface area contributed by atoms with Crippen LogP contribution in [-0.2, 0) is 6.18 Å². The molecule has 2 rings (SSSR count). The summed E-state index contributed by atoms with van der Waals surface area (Å²) in [4.78, 5) is 3.73. The topological polar surface area (TPSA) is 48.1 Å². The highest BCUT2D eigenvalue weighted by Crippen LogP contribution is 2.37. The molecule has 1 atom stereocenters. The van der Waals surface area contributed by atoms with Crippen LogP contribution in [0.4, 0.5) is 13.2 Å². The van der Waals surface area contributed by atoms with Crippen molar-refractivity contribution < 1.29 is 17.9 Å². The average Bonchev–Trinajstić information content (AvgIpc) is 2.87. The number of aryl methyl sites for hydroxylation is 1. The molecular weight excluding hydrogens is 289 g/mol. The van der Waals surface area contributed by atoms with Crippen LogP contribution in [0.5, 0.6) is 5.75 Å². The molecule has 0 saturated carbocycles. The monoisotopic (exact) mass is 302 g/mol. The third kappa shape index (κ3) is 2.94. The second-order valence-electron chi connectivity index (χ2n) is 4.29. The van der Waals surface area contributed by atoms with Gasteiger partial charge in [0, 0.05) is 16.6 Å². The van der Waals surface area contributed by atoms with Gasteiger partial charge in [0.2, 0.25) is 0 Å². The highest BCUT2D eigenvalue weighted by Gasteiger charge is 2.35. The molecule has 0 bridgehead atoms. The summed E-state index contributed by atoms with van der Waals surface area (Å²) in [7, 11) is 1.49. The van der Waals surface area contributed by atoms with E-state index >= 15 is 0 Å². The summed E-state index contributed by atoms with van der Waals surface area (Å²) in [5.74, 6) is 0.546. The Bertz CT molecular complexity index is 610. The zero-order valence-electron chi connectivity index (χ0n) is 10.9. The molecule has 1 aromatic heterocycles. The number of rotatable bonds is 3. The van der Waals surface area contributed by atoms with Crippen LogP contribution in [0.1, 0.15) is 27.1 Å². The minimum Gasteiger partial charge on any atom is -0.496 e. The molecule has 20 heavy (non-hydrogen) atoms. The van der Waals surface area contributed by atoms with Gasteiger partial charge in [0.05, 0.1) is 13.2 Å². The molecule has 0 spiro atoms. The van der Waals surface area contributed by atoms with Crippen LogP contribution in [0.15, 0.2) is 24.4 Å². The fourth-order valence-corrected chi connectivity index (χ4v) is 2.62. The molecule has 3 nitrogen and oxygen atoms in total. The molecule has 0 aliphatic carbocycles. The van der Waals surface area contributed by atoms with Crippen LogP contribution in [-0.4, -0.2) is 12.1 Å². The first-order valence-corrected chi connectivity index (χ1v) is 6.57. The number of benzene rings is 1. The molecule has 0 fully saturated rings. The normalized spacial score (nSPS) is 13.3. The highest BCUT2D eigenvalue weighted by atomic mass is 32.1. The number of ether oxygens (including phenoxy) is 1. The second kappa shape index (κ2) is 5.41. The molecule has 1 unspecified atom stereocenters. The predicted octanol–water partition coefficient (Wildman–Crippen LogP) is 3.53. The summed E-state index contributed by atoms with van der Waals surface area (Å²) in [6, 6.07) is 4.70. The lowest BCUT2D eigenvalue weighted by molar-refractivity contribution is -0.137. The summed E-state index contributed by atoms with van der Waals surface area (Å²) in [5.41, 5.74) is 7.64. The molecule has 2 N–H and O–H groups in total. The summed E-state index contributed by atoms with van der Waals surface area (Å²) in [5, 5.41) is -0.894. The Balaban J connectivity index is 2.38. The van der Waals surface area contributed by atoms with Crippen LogP contribution < -0.4 is 10.5 Å². The highest BCUT2D eigenvalue weighted by molar-refractivity contribution is 7.11. The van der Waals surface area contributed by atoms with Gasteiger partial charge in [-0.15, -0.1) is 11.3 Å². The van der Waals surface area contributed by atoms with Gasteiger partial charge in [-0.3, -0.25) is 0 Å². The Kier molecular flexibility index (Phi) is 4.01. The first-order valence-electron chi connectivity index (χ1n) is 5.76. The van der Waals surface area contributed by atoms with Crippen LogP contribution in [0.3, 0.4) is 0 Å². The Morgan fingerprint density at radius 3 is 2.60 bits per heavy atom. The van der Waals surface area contributed by atoms with E-state index in [1.54, 1.807) is 12.1 Å². The molecule has 0 radical (unpaired) electrons. The fraction of sp³-hybridized carbons (Fsp3) is 0.308. The number of thiazole rings is 1. The maximum absolute atomic E-state index is 12.6. The zero-order valence-corrected chi connectivity index (χ0v) is 11.7. The van der Waals surface area contributed by atoms with Gasteiger partial charge in [-0.1, -0.05) is 17.7 Å². The standard InChI is InChI=1S/C13H13F3N2OS/c1-7-3-4-9(19-2)8(5-7)11(17)10-6-18-12(20-10)13(14,15)16/h3-6,11H,17H2,1-2H3. The number of alkyl halides is 3. The average molecular weight is 302 g/mol. The molecule has 1 heterocycles. The largest absolute Gasteiger partial charge is 0.496 e. The number of halogens is 3. The molecule has 0 aliphatic rings. The number of hydrogen-bond acceptors (Lipinski definition) is 4. The van der Waals surface area contributed by atoms with Gasteiger partial charge in [-0.05, 0) is 13.0 Å². The Labute approximate surface area is 118 Å². The SMILES string of the molecule is COc1ccc(C)cc1C(N)c1cnc(C(F)(F)F)s1. The first kappa shape index (κ1) is 14.8. The van der Waals surface area contributed by atoms with Crippen molar-refractivity contribution in [1.29, 1.82) is 0 Å². The van der Waals surface area contributed by atoms with E-state index in [9.17, 15) is 13.2 Å². The molecule has 1 aromatic carbocycles. The lowest BCUT2D eigenvalue weighted by Crippen LogP contribution is -2.12. The van der Waals surface area contributed by atoms with E-state index in [2.05, 4.69) is 4.98 Å². The van der Waals surface area contributed by atoms with E-state index in [0.717, 1.165) is 5.56 Å². The zero-order chi connectivity index (χ0) is 14.9. The first-order chi connectivity index (χ1) is 9.32.